The fraction of sp³-hybridized carbons (Fsp3) is 0.571. The lowest BCUT2D eigenvalue weighted by molar-refractivity contribution is 0.129. The lowest BCUT2D eigenvalue weighted by Crippen LogP contribution is -2.31. The molecule has 5 heteroatoms. The number of aryl methyl sites for hydroxylation is 1. The molecule has 0 bridgehead atoms. The maximum Gasteiger partial charge on any atom is 0.243 e. The molecule has 3 atom stereocenters. The molecular weight excluding hydrogens is 262 g/mol. The van der Waals surface area contributed by atoms with Crippen LogP contribution in [0.25, 0.3) is 0 Å². The number of hydrogen-bond donors (Lipinski definition) is 1. The molecule has 1 saturated heterocycles. The number of fused-ring (bicyclic) bond motifs is 1. The topological polar surface area (TPSA) is 57.6 Å². The van der Waals surface area contributed by atoms with Gasteiger partial charge in [0.05, 0.1) is 11.0 Å². The van der Waals surface area contributed by atoms with Crippen molar-refractivity contribution < 1.29 is 13.5 Å². The van der Waals surface area contributed by atoms with Crippen LogP contribution in [0.4, 0.5) is 0 Å². The molecule has 0 spiro atoms. The first-order valence-corrected chi connectivity index (χ1v) is 8.17. The van der Waals surface area contributed by atoms with Crippen LogP contribution >= 0.6 is 0 Å². The number of aliphatic hydroxyl groups is 1. The Morgan fingerprint density at radius 1 is 1.26 bits per heavy atom. The Labute approximate surface area is 114 Å². The standard InChI is InChI=1S/C14H19NO3S/c1-10-3-2-4-12(7-10)19(17,18)15-8-11-5-6-14(16)13(11)9-15/h2-4,7,11,13-14,16H,5-6,8-9H2,1H3. The maximum atomic E-state index is 12.6. The predicted octanol–water partition coefficient (Wildman–Crippen LogP) is 1.39. The quantitative estimate of drug-likeness (QED) is 0.891. The average Bonchev–Trinajstić information content (AvgIpc) is 2.92. The summed E-state index contributed by atoms with van der Waals surface area (Å²) in [5, 5.41) is 9.88. The summed E-state index contributed by atoms with van der Waals surface area (Å²) in [6.07, 6.45) is 1.42. The second-order valence-corrected chi connectivity index (χ2v) is 7.65. The van der Waals surface area contributed by atoms with E-state index in [0.29, 0.717) is 23.9 Å². The second kappa shape index (κ2) is 4.58. The number of aliphatic hydroxyl groups excluding tert-OH is 1. The summed E-state index contributed by atoms with van der Waals surface area (Å²) in [6, 6.07) is 7.02. The lowest BCUT2D eigenvalue weighted by Gasteiger charge is -2.18. The molecule has 1 aromatic rings. The first-order chi connectivity index (χ1) is 8.98. The molecule has 2 fully saturated rings. The second-order valence-electron chi connectivity index (χ2n) is 5.71. The number of nitrogens with zero attached hydrogens (tertiary/aromatic N) is 1. The van der Waals surface area contributed by atoms with E-state index >= 15 is 0 Å². The third-order valence-electron chi connectivity index (χ3n) is 4.41. The number of sulfonamides is 1. The smallest absolute Gasteiger partial charge is 0.243 e. The Hall–Kier alpha value is -0.910. The molecule has 1 N–H and O–H groups in total. The van der Waals surface area contributed by atoms with Crippen molar-refractivity contribution >= 4 is 10.0 Å². The Morgan fingerprint density at radius 2 is 2.05 bits per heavy atom. The molecule has 1 aliphatic heterocycles. The molecule has 2 aliphatic rings. The predicted molar refractivity (Wildman–Crippen MR) is 72.2 cm³/mol. The third kappa shape index (κ3) is 2.20. The first-order valence-electron chi connectivity index (χ1n) is 6.73. The van der Waals surface area contributed by atoms with Crippen molar-refractivity contribution in [2.24, 2.45) is 11.8 Å². The average molecular weight is 281 g/mol. The largest absolute Gasteiger partial charge is 0.393 e. The van der Waals surface area contributed by atoms with E-state index < -0.39 is 10.0 Å². The van der Waals surface area contributed by atoms with E-state index in [1.807, 2.05) is 13.0 Å². The molecule has 3 rings (SSSR count). The van der Waals surface area contributed by atoms with E-state index in [1.54, 1.807) is 22.5 Å². The Balaban J connectivity index is 1.87. The van der Waals surface area contributed by atoms with Gasteiger partial charge >= 0.3 is 0 Å². The third-order valence-corrected chi connectivity index (χ3v) is 6.24. The van der Waals surface area contributed by atoms with Crippen LogP contribution in [-0.4, -0.2) is 37.0 Å². The van der Waals surface area contributed by atoms with Crippen LogP contribution in [0.3, 0.4) is 0 Å². The summed E-state index contributed by atoms with van der Waals surface area (Å²) >= 11 is 0. The molecule has 0 amide bonds. The minimum Gasteiger partial charge on any atom is -0.393 e. The van der Waals surface area contributed by atoms with E-state index in [9.17, 15) is 13.5 Å². The van der Waals surface area contributed by atoms with Gasteiger partial charge in [-0.05, 0) is 43.4 Å². The van der Waals surface area contributed by atoms with Crippen molar-refractivity contribution in [2.45, 2.75) is 30.8 Å². The Kier molecular flexibility index (Phi) is 3.15. The summed E-state index contributed by atoms with van der Waals surface area (Å²) in [4.78, 5) is 0.363. The zero-order valence-electron chi connectivity index (χ0n) is 11.0. The van der Waals surface area contributed by atoms with Crippen molar-refractivity contribution in [1.29, 1.82) is 0 Å². The van der Waals surface area contributed by atoms with Gasteiger partial charge in [-0.2, -0.15) is 4.31 Å². The van der Waals surface area contributed by atoms with E-state index in [2.05, 4.69) is 0 Å². The lowest BCUT2D eigenvalue weighted by atomic mass is 10.00. The summed E-state index contributed by atoms with van der Waals surface area (Å²) < 4.78 is 26.7. The van der Waals surface area contributed by atoms with Crippen molar-refractivity contribution in [1.82, 2.24) is 4.31 Å². The highest BCUT2D eigenvalue weighted by Gasteiger charge is 2.45. The van der Waals surface area contributed by atoms with Gasteiger partial charge in [0.15, 0.2) is 0 Å². The van der Waals surface area contributed by atoms with Crippen LogP contribution in [0, 0.1) is 18.8 Å². The zero-order valence-corrected chi connectivity index (χ0v) is 11.8. The van der Waals surface area contributed by atoms with E-state index in [-0.39, 0.29) is 12.0 Å². The number of hydrogen-bond acceptors (Lipinski definition) is 3. The molecule has 19 heavy (non-hydrogen) atoms. The van der Waals surface area contributed by atoms with Gasteiger partial charge in [0.1, 0.15) is 0 Å². The van der Waals surface area contributed by atoms with Gasteiger partial charge in [-0.15, -0.1) is 0 Å². The molecule has 4 nitrogen and oxygen atoms in total. The van der Waals surface area contributed by atoms with Gasteiger partial charge in [0.2, 0.25) is 10.0 Å². The van der Waals surface area contributed by atoms with Crippen molar-refractivity contribution in [3.05, 3.63) is 29.8 Å². The van der Waals surface area contributed by atoms with Crippen LogP contribution in [0.1, 0.15) is 18.4 Å². The normalized spacial score (nSPS) is 31.6. The van der Waals surface area contributed by atoms with Gasteiger partial charge in [-0.1, -0.05) is 12.1 Å². The highest BCUT2D eigenvalue weighted by Crippen LogP contribution is 2.40. The van der Waals surface area contributed by atoms with E-state index in [4.69, 9.17) is 0 Å². The highest BCUT2D eigenvalue weighted by molar-refractivity contribution is 7.89. The molecule has 1 aromatic carbocycles. The van der Waals surface area contributed by atoms with Crippen LogP contribution < -0.4 is 0 Å². The van der Waals surface area contributed by atoms with Gasteiger partial charge in [0, 0.05) is 19.0 Å². The minimum absolute atomic E-state index is 0.125. The molecule has 0 radical (unpaired) electrons. The van der Waals surface area contributed by atoms with Gasteiger partial charge in [-0.3, -0.25) is 0 Å². The molecule has 0 aromatic heterocycles. The summed E-state index contributed by atoms with van der Waals surface area (Å²) in [5.41, 5.74) is 0.945. The van der Waals surface area contributed by atoms with Gasteiger partial charge < -0.3 is 5.11 Å². The van der Waals surface area contributed by atoms with Crippen LogP contribution in [0.5, 0.6) is 0 Å². The molecule has 104 valence electrons. The molecule has 1 heterocycles. The fourth-order valence-electron chi connectivity index (χ4n) is 3.32. The van der Waals surface area contributed by atoms with Gasteiger partial charge in [-0.25, -0.2) is 8.42 Å². The SMILES string of the molecule is Cc1cccc(S(=O)(=O)N2CC3CCC(O)C3C2)c1. The van der Waals surface area contributed by atoms with Crippen molar-refractivity contribution in [2.75, 3.05) is 13.1 Å². The fourth-order valence-corrected chi connectivity index (χ4v) is 4.96. The monoisotopic (exact) mass is 281 g/mol. The molecule has 1 aliphatic carbocycles. The maximum absolute atomic E-state index is 12.6. The number of rotatable bonds is 2. The summed E-state index contributed by atoms with van der Waals surface area (Å²) in [5.74, 6) is 0.453. The Bertz CT molecular complexity index is 584. The van der Waals surface area contributed by atoms with Crippen LogP contribution in [0.15, 0.2) is 29.2 Å². The minimum atomic E-state index is -3.40. The molecule has 1 saturated carbocycles. The van der Waals surface area contributed by atoms with E-state index in [0.717, 1.165) is 18.4 Å². The molecule has 3 unspecified atom stereocenters. The summed E-state index contributed by atoms with van der Waals surface area (Å²) in [7, 11) is -3.40. The van der Waals surface area contributed by atoms with Crippen molar-refractivity contribution in [3.63, 3.8) is 0 Å². The number of benzene rings is 1. The van der Waals surface area contributed by atoms with Gasteiger partial charge in [0.25, 0.3) is 0 Å². The zero-order chi connectivity index (χ0) is 13.6. The van der Waals surface area contributed by atoms with E-state index in [1.165, 1.54) is 0 Å². The first kappa shape index (κ1) is 13.1. The Morgan fingerprint density at radius 3 is 2.74 bits per heavy atom. The van der Waals surface area contributed by atoms with Crippen molar-refractivity contribution in [3.8, 4) is 0 Å². The van der Waals surface area contributed by atoms with Crippen LogP contribution in [0.2, 0.25) is 0 Å². The molecular formula is C14H19NO3S. The summed E-state index contributed by atoms with van der Waals surface area (Å²) in [6.45, 7) is 2.90. The van der Waals surface area contributed by atoms with Crippen LogP contribution in [-0.2, 0) is 10.0 Å². The highest BCUT2D eigenvalue weighted by atomic mass is 32.2.